The summed E-state index contributed by atoms with van der Waals surface area (Å²) in [5.41, 5.74) is 1.17. The smallest absolute Gasteiger partial charge is 0.124 e. The molecule has 1 heterocycles. The molecule has 1 aliphatic rings. The van der Waals surface area contributed by atoms with Crippen LogP contribution in [0.25, 0.3) is 0 Å². The second-order valence-electron chi connectivity index (χ2n) is 4.35. The molecule has 0 aromatic heterocycles. The van der Waals surface area contributed by atoms with Gasteiger partial charge in [0.25, 0.3) is 0 Å². The lowest BCUT2D eigenvalue weighted by Gasteiger charge is -2.34. The van der Waals surface area contributed by atoms with Crippen molar-refractivity contribution in [1.82, 2.24) is 10.2 Å². The zero-order chi connectivity index (χ0) is 13.0. The van der Waals surface area contributed by atoms with Gasteiger partial charge in [-0.25, -0.2) is 0 Å². The number of hydrogen-bond donors (Lipinski definition) is 1. The van der Waals surface area contributed by atoms with Crippen LogP contribution < -0.4 is 10.1 Å². The van der Waals surface area contributed by atoms with Crippen LogP contribution in [-0.2, 0) is 0 Å². The van der Waals surface area contributed by atoms with E-state index in [2.05, 4.69) is 38.8 Å². The van der Waals surface area contributed by atoms with Gasteiger partial charge >= 0.3 is 0 Å². The van der Waals surface area contributed by atoms with Crippen LogP contribution in [0.1, 0.15) is 11.6 Å². The van der Waals surface area contributed by atoms with Gasteiger partial charge in [0.05, 0.1) is 13.2 Å². The minimum Gasteiger partial charge on any atom is -0.496 e. The highest BCUT2D eigenvalue weighted by Gasteiger charge is 2.22. The molecule has 0 unspecified atom stereocenters. The summed E-state index contributed by atoms with van der Waals surface area (Å²) in [7, 11) is 1.71. The van der Waals surface area contributed by atoms with Crippen molar-refractivity contribution in [3.63, 3.8) is 0 Å². The average molecular weight is 384 g/mol. The second kappa shape index (κ2) is 9.64. The predicted octanol–water partition coefficient (Wildman–Crippen LogP) is 3.43. The summed E-state index contributed by atoms with van der Waals surface area (Å²) in [6.45, 7) is 8.11. The molecule has 0 bridgehead atoms. The number of benzene rings is 1. The Balaban J connectivity index is 0.00000180. The van der Waals surface area contributed by atoms with E-state index in [1.165, 1.54) is 5.56 Å². The molecule has 1 fully saturated rings. The molecule has 0 amide bonds. The largest absolute Gasteiger partial charge is 0.496 e. The lowest BCUT2D eigenvalue weighted by Crippen LogP contribution is -2.44. The maximum atomic E-state index is 5.46. The Bertz CT molecular complexity index is 426. The van der Waals surface area contributed by atoms with Crippen LogP contribution in [0.4, 0.5) is 0 Å². The van der Waals surface area contributed by atoms with Gasteiger partial charge in [-0.15, -0.1) is 31.4 Å². The van der Waals surface area contributed by atoms with Crippen LogP contribution in [0.3, 0.4) is 0 Å². The molecular formula is C14H21BrCl2N2O. The molecule has 1 aromatic rings. The van der Waals surface area contributed by atoms with Crippen LogP contribution in [0, 0.1) is 0 Å². The molecule has 0 spiro atoms. The first kappa shape index (κ1) is 19.7. The van der Waals surface area contributed by atoms with E-state index in [0.717, 1.165) is 36.4 Å². The summed E-state index contributed by atoms with van der Waals surface area (Å²) in [4.78, 5) is 2.42. The number of nitrogens with zero attached hydrogens (tertiary/aromatic N) is 1. The van der Waals surface area contributed by atoms with Crippen molar-refractivity contribution < 1.29 is 4.74 Å². The topological polar surface area (TPSA) is 24.5 Å². The third-order valence-electron chi connectivity index (χ3n) is 3.28. The van der Waals surface area contributed by atoms with Gasteiger partial charge in [-0.2, -0.15) is 0 Å². The Morgan fingerprint density at radius 2 is 2.00 bits per heavy atom. The maximum absolute atomic E-state index is 5.46. The molecule has 1 aromatic carbocycles. The molecule has 0 saturated carbocycles. The van der Waals surface area contributed by atoms with E-state index in [-0.39, 0.29) is 30.9 Å². The quantitative estimate of drug-likeness (QED) is 0.806. The van der Waals surface area contributed by atoms with E-state index in [9.17, 15) is 0 Å². The molecule has 1 N–H and O–H groups in total. The van der Waals surface area contributed by atoms with E-state index in [0.29, 0.717) is 0 Å². The van der Waals surface area contributed by atoms with Gasteiger partial charge in [0.15, 0.2) is 0 Å². The van der Waals surface area contributed by atoms with E-state index in [1.807, 2.05) is 18.2 Å². The molecule has 1 aliphatic heterocycles. The highest BCUT2D eigenvalue weighted by Crippen LogP contribution is 2.32. The monoisotopic (exact) mass is 382 g/mol. The van der Waals surface area contributed by atoms with Crippen molar-refractivity contribution >= 4 is 40.7 Å². The number of ether oxygens (including phenoxy) is 1. The number of methoxy groups -OCH3 is 1. The van der Waals surface area contributed by atoms with Crippen molar-refractivity contribution in [2.45, 2.75) is 6.04 Å². The fraction of sp³-hybridized carbons (Fsp3) is 0.429. The number of rotatable bonds is 4. The highest BCUT2D eigenvalue weighted by molar-refractivity contribution is 9.10. The van der Waals surface area contributed by atoms with Gasteiger partial charge in [-0.1, -0.05) is 22.0 Å². The van der Waals surface area contributed by atoms with Crippen molar-refractivity contribution in [1.29, 1.82) is 0 Å². The molecule has 2 rings (SSSR count). The second-order valence-corrected chi connectivity index (χ2v) is 5.27. The predicted molar refractivity (Wildman–Crippen MR) is 92.6 cm³/mol. The number of nitrogens with one attached hydrogen (secondary N) is 1. The minimum atomic E-state index is 0. The van der Waals surface area contributed by atoms with E-state index in [1.54, 1.807) is 7.11 Å². The number of piperazine rings is 1. The van der Waals surface area contributed by atoms with Gasteiger partial charge in [-0.3, -0.25) is 4.90 Å². The third-order valence-corrected chi connectivity index (χ3v) is 3.77. The zero-order valence-corrected chi connectivity index (χ0v) is 14.7. The fourth-order valence-electron chi connectivity index (χ4n) is 2.37. The number of halogens is 3. The average Bonchev–Trinajstić information content (AvgIpc) is 2.41. The molecule has 3 nitrogen and oxygen atoms in total. The molecular weight excluding hydrogens is 363 g/mol. The van der Waals surface area contributed by atoms with Crippen molar-refractivity contribution in [3.8, 4) is 5.75 Å². The summed E-state index contributed by atoms with van der Waals surface area (Å²) in [5.74, 6) is 0.918. The molecule has 114 valence electrons. The number of hydrogen-bond acceptors (Lipinski definition) is 3. The fourth-order valence-corrected chi connectivity index (χ4v) is 2.75. The molecule has 0 radical (unpaired) electrons. The van der Waals surface area contributed by atoms with Crippen molar-refractivity contribution in [3.05, 3.63) is 40.9 Å². The van der Waals surface area contributed by atoms with Crippen LogP contribution in [0.15, 0.2) is 35.3 Å². The van der Waals surface area contributed by atoms with E-state index < -0.39 is 0 Å². The highest BCUT2D eigenvalue weighted by atomic mass is 79.9. The summed E-state index contributed by atoms with van der Waals surface area (Å²) in [6, 6.07) is 6.32. The molecule has 6 heteroatoms. The minimum absolute atomic E-state index is 0. The van der Waals surface area contributed by atoms with E-state index in [4.69, 9.17) is 4.74 Å². The summed E-state index contributed by atoms with van der Waals surface area (Å²) >= 11 is 3.53. The van der Waals surface area contributed by atoms with Crippen LogP contribution >= 0.6 is 40.7 Å². The van der Waals surface area contributed by atoms with Crippen LogP contribution in [0.2, 0.25) is 0 Å². The van der Waals surface area contributed by atoms with E-state index >= 15 is 0 Å². The Hall–Kier alpha value is -0.260. The Kier molecular flexibility index (Phi) is 9.51. The zero-order valence-electron chi connectivity index (χ0n) is 11.5. The lowest BCUT2D eigenvalue weighted by molar-refractivity contribution is 0.200. The van der Waals surface area contributed by atoms with Crippen molar-refractivity contribution in [2.75, 3.05) is 33.3 Å². The first-order valence-corrected chi connectivity index (χ1v) is 6.96. The van der Waals surface area contributed by atoms with Gasteiger partial charge in [0.1, 0.15) is 5.75 Å². The standard InChI is InChI=1S/C14H19BrN2O.2ClH/c1-3-13(17-8-6-16-7-9-17)12-10-11(15)4-5-14(12)18-2;;/h3-5,10,13,16H,1,6-9H2,2H3;2*1H/t13-;;/m0../s1. The first-order valence-electron chi connectivity index (χ1n) is 6.17. The normalized spacial score (nSPS) is 16.5. The Morgan fingerprint density at radius 3 is 2.55 bits per heavy atom. The summed E-state index contributed by atoms with van der Waals surface area (Å²) in [6.07, 6.45) is 2.00. The maximum Gasteiger partial charge on any atom is 0.124 e. The lowest BCUT2D eigenvalue weighted by atomic mass is 10.0. The van der Waals surface area contributed by atoms with Gasteiger partial charge < -0.3 is 10.1 Å². The van der Waals surface area contributed by atoms with Crippen molar-refractivity contribution in [2.24, 2.45) is 0 Å². The Morgan fingerprint density at radius 1 is 1.35 bits per heavy atom. The van der Waals surface area contributed by atoms with Crippen LogP contribution in [-0.4, -0.2) is 38.2 Å². The SMILES string of the molecule is C=C[C@@H](c1cc(Br)ccc1OC)N1CCNCC1.Cl.Cl. The van der Waals surface area contributed by atoms with Gasteiger partial charge in [0.2, 0.25) is 0 Å². The third kappa shape index (κ3) is 4.64. The first-order chi connectivity index (χ1) is 8.76. The van der Waals surface area contributed by atoms with Crippen LogP contribution in [0.5, 0.6) is 5.75 Å². The van der Waals surface area contributed by atoms with Gasteiger partial charge in [0, 0.05) is 36.2 Å². The summed E-state index contributed by atoms with van der Waals surface area (Å²) in [5, 5.41) is 3.37. The summed E-state index contributed by atoms with van der Waals surface area (Å²) < 4.78 is 6.53. The van der Waals surface area contributed by atoms with Gasteiger partial charge in [-0.05, 0) is 18.2 Å². The molecule has 1 atom stereocenters. The Labute approximate surface area is 141 Å². The molecule has 0 aliphatic carbocycles. The molecule has 1 saturated heterocycles. The molecule has 20 heavy (non-hydrogen) atoms.